The van der Waals surface area contributed by atoms with Crippen LogP contribution in [0.3, 0.4) is 0 Å². The fourth-order valence-electron chi connectivity index (χ4n) is 3.22. The van der Waals surface area contributed by atoms with Gasteiger partial charge >= 0.3 is 6.36 Å². The van der Waals surface area contributed by atoms with E-state index in [1.165, 1.54) is 12.1 Å². The van der Waals surface area contributed by atoms with Crippen molar-refractivity contribution in [1.29, 1.82) is 0 Å². The fourth-order valence-corrected chi connectivity index (χ4v) is 3.22. The average Bonchev–Trinajstić information content (AvgIpc) is 2.76. The van der Waals surface area contributed by atoms with Crippen LogP contribution in [0.15, 0.2) is 30.3 Å². The Morgan fingerprint density at radius 2 is 2.00 bits per heavy atom. The molecule has 0 bridgehead atoms. The molecule has 2 aromatic rings. The van der Waals surface area contributed by atoms with E-state index in [0.717, 1.165) is 49.6 Å². The lowest BCUT2D eigenvalue weighted by Gasteiger charge is -2.20. The molecule has 0 fully saturated rings. The Hall–Kier alpha value is -2.06. The van der Waals surface area contributed by atoms with E-state index < -0.39 is 6.36 Å². The van der Waals surface area contributed by atoms with Gasteiger partial charge in [-0.15, -0.1) is 13.2 Å². The summed E-state index contributed by atoms with van der Waals surface area (Å²) in [6.45, 7) is 3.82. The summed E-state index contributed by atoms with van der Waals surface area (Å²) in [6.07, 6.45) is -3.72. The Balaban J connectivity index is 1.69. The standard InChI is InChI=1S/C18H23F3N4O/c1-23(2)12-15-10-16-13-24(7-4-8-25(16)22-15)11-14-5-3-6-17(9-14)26-18(19,20)21/h3,5-6,9-10H,4,7-8,11-13H2,1-2H3. The van der Waals surface area contributed by atoms with Crippen molar-refractivity contribution in [2.75, 3.05) is 20.6 Å². The van der Waals surface area contributed by atoms with Crippen molar-refractivity contribution < 1.29 is 17.9 Å². The van der Waals surface area contributed by atoms with Crippen LogP contribution < -0.4 is 4.74 Å². The van der Waals surface area contributed by atoms with Gasteiger partial charge in [0, 0.05) is 32.7 Å². The summed E-state index contributed by atoms with van der Waals surface area (Å²) >= 11 is 0. The molecule has 0 saturated heterocycles. The van der Waals surface area contributed by atoms with Crippen LogP contribution in [-0.4, -0.2) is 46.6 Å². The monoisotopic (exact) mass is 368 g/mol. The maximum absolute atomic E-state index is 12.4. The van der Waals surface area contributed by atoms with Gasteiger partial charge in [-0.2, -0.15) is 5.10 Å². The highest BCUT2D eigenvalue weighted by Gasteiger charge is 2.31. The van der Waals surface area contributed by atoms with Crippen molar-refractivity contribution in [1.82, 2.24) is 19.6 Å². The second kappa shape index (κ2) is 7.67. The molecule has 0 atom stereocenters. The van der Waals surface area contributed by atoms with Crippen LogP contribution in [0.1, 0.15) is 23.4 Å². The zero-order valence-electron chi connectivity index (χ0n) is 15.0. The summed E-state index contributed by atoms with van der Waals surface area (Å²) < 4.78 is 43.3. The molecule has 8 heteroatoms. The number of fused-ring (bicyclic) bond motifs is 1. The van der Waals surface area contributed by atoms with E-state index >= 15 is 0 Å². The van der Waals surface area contributed by atoms with Crippen LogP contribution >= 0.6 is 0 Å². The minimum atomic E-state index is -4.67. The summed E-state index contributed by atoms with van der Waals surface area (Å²) in [7, 11) is 4.01. The number of halogens is 3. The second-order valence-corrected chi connectivity index (χ2v) is 6.85. The predicted molar refractivity (Wildman–Crippen MR) is 91.5 cm³/mol. The Morgan fingerprint density at radius 3 is 2.73 bits per heavy atom. The second-order valence-electron chi connectivity index (χ2n) is 6.85. The van der Waals surface area contributed by atoms with E-state index in [1.807, 2.05) is 24.8 Å². The van der Waals surface area contributed by atoms with Crippen LogP contribution in [0.2, 0.25) is 0 Å². The molecule has 0 amide bonds. The molecule has 1 aliphatic heterocycles. The number of alkyl halides is 3. The van der Waals surface area contributed by atoms with Gasteiger partial charge in [0.25, 0.3) is 0 Å². The van der Waals surface area contributed by atoms with Crippen LogP contribution in [0.5, 0.6) is 5.75 Å². The van der Waals surface area contributed by atoms with Gasteiger partial charge in [-0.25, -0.2) is 0 Å². The molecule has 142 valence electrons. The molecule has 3 rings (SSSR count). The molecule has 2 heterocycles. The molecule has 1 aromatic carbocycles. The highest BCUT2D eigenvalue weighted by Crippen LogP contribution is 2.24. The largest absolute Gasteiger partial charge is 0.573 e. The third-order valence-corrected chi connectivity index (χ3v) is 4.16. The molecule has 0 radical (unpaired) electrons. The maximum atomic E-state index is 12.4. The molecule has 0 saturated carbocycles. The number of aromatic nitrogens is 2. The minimum absolute atomic E-state index is 0.178. The summed E-state index contributed by atoms with van der Waals surface area (Å²) in [6, 6.07) is 8.30. The summed E-state index contributed by atoms with van der Waals surface area (Å²) in [4.78, 5) is 4.30. The van der Waals surface area contributed by atoms with E-state index in [0.29, 0.717) is 6.54 Å². The lowest BCUT2D eigenvalue weighted by Crippen LogP contribution is -2.23. The highest BCUT2D eigenvalue weighted by molar-refractivity contribution is 5.28. The average molecular weight is 368 g/mol. The lowest BCUT2D eigenvalue weighted by atomic mass is 10.2. The number of hydrogen-bond donors (Lipinski definition) is 0. The number of nitrogens with zero attached hydrogens (tertiary/aromatic N) is 4. The van der Waals surface area contributed by atoms with Gasteiger partial charge in [-0.05, 0) is 44.3 Å². The molecule has 1 aliphatic rings. The van der Waals surface area contributed by atoms with Crippen molar-refractivity contribution >= 4 is 0 Å². The van der Waals surface area contributed by atoms with E-state index in [-0.39, 0.29) is 5.75 Å². The lowest BCUT2D eigenvalue weighted by molar-refractivity contribution is -0.274. The number of rotatable bonds is 5. The molecule has 0 unspecified atom stereocenters. The van der Waals surface area contributed by atoms with E-state index in [4.69, 9.17) is 0 Å². The van der Waals surface area contributed by atoms with Gasteiger partial charge in [-0.1, -0.05) is 12.1 Å². The topological polar surface area (TPSA) is 33.5 Å². The molecular weight excluding hydrogens is 345 g/mol. The Labute approximate surface area is 151 Å². The summed E-state index contributed by atoms with van der Waals surface area (Å²) in [5, 5.41) is 4.65. The summed E-state index contributed by atoms with van der Waals surface area (Å²) in [5.41, 5.74) is 2.97. The normalized spacial score (nSPS) is 15.8. The molecule has 0 spiro atoms. The van der Waals surface area contributed by atoms with Crippen molar-refractivity contribution in [3.8, 4) is 5.75 Å². The van der Waals surface area contributed by atoms with Gasteiger partial charge in [0.05, 0.1) is 11.4 Å². The molecular formula is C18H23F3N4O. The third-order valence-electron chi connectivity index (χ3n) is 4.16. The quantitative estimate of drug-likeness (QED) is 0.811. The van der Waals surface area contributed by atoms with Crippen LogP contribution in [0, 0.1) is 0 Å². The molecule has 0 aliphatic carbocycles. The van der Waals surface area contributed by atoms with Gasteiger partial charge in [0.2, 0.25) is 0 Å². The fraction of sp³-hybridized carbons (Fsp3) is 0.500. The van der Waals surface area contributed by atoms with Crippen molar-refractivity contribution in [2.24, 2.45) is 0 Å². The van der Waals surface area contributed by atoms with E-state index in [2.05, 4.69) is 25.7 Å². The predicted octanol–water partition coefficient (Wildman–Crippen LogP) is 3.25. The minimum Gasteiger partial charge on any atom is -0.406 e. The highest BCUT2D eigenvalue weighted by atomic mass is 19.4. The number of ether oxygens (including phenoxy) is 1. The summed E-state index contributed by atoms with van der Waals surface area (Å²) in [5.74, 6) is -0.178. The Bertz CT molecular complexity index is 742. The number of hydrogen-bond acceptors (Lipinski definition) is 4. The first-order valence-corrected chi connectivity index (χ1v) is 8.56. The van der Waals surface area contributed by atoms with Gasteiger partial charge in [0.15, 0.2) is 0 Å². The molecule has 0 N–H and O–H groups in total. The number of benzene rings is 1. The van der Waals surface area contributed by atoms with Gasteiger partial charge in [0.1, 0.15) is 5.75 Å². The van der Waals surface area contributed by atoms with Crippen molar-refractivity contribution in [3.05, 3.63) is 47.3 Å². The first kappa shape index (κ1) is 18.7. The zero-order chi connectivity index (χ0) is 18.7. The molecule has 26 heavy (non-hydrogen) atoms. The van der Waals surface area contributed by atoms with E-state index in [9.17, 15) is 13.2 Å². The number of aryl methyl sites for hydroxylation is 1. The van der Waals surface area contributed by atoms with Gasteiger partial charge in [-0.3, -0.25) is 9.58 Å². The molecule has 5 nitrogen and oxygen atoms in total. The van der Waals surface area contributed by atoms with Crippen LogP contribution in [0.4, 0.5) is 13.2 Å². The molecule has 1 aromatic heterocycles. The van der Waals surface area contributed by atoms with Crippen molar-refractivity contribution in [3.63, 3.8) is 0 Å². The van der Waals surface area contributed by atoms with E-state index in [1.54, 1.807) is 6.07 Å². The first-order valence-electron chi connectivity index (χ1n) is 8.56. The Kier molecular flexibility index (Phi) is 5.52. The van der Waals surface area contributed by atoms with Gasteiger partial charge < -0.3 is 9.64 Å². The van der Waals surface area contributed by atoms with Crippen molar-refractivity contribution in [2.45, 2.75) is 39.0 Å². The van der Waals surface area contributed by atoms with Crippen LogP contribution in [0.25, 0.3) is 0 Å². The first-order chi connectivity index (χ1) is 12.3. The zero-order valence-corrected chi connectivity index (χ0v) is 15.0. The third kappa shape index (κ3) is 5.22. The smallest absolute Gasteiger partial charge is 0.406 e. The van der Waals surface area contributed by atoms with Crippen LogP contribution in [-0.2, 0) is 26.2 Å². The maximum Gasteiger partial charge on any atom is 0.573 e. The Morgan fingerprint density at radius 1 is 1.19 bits per heavy atom. The SMILES string of the molecule is CN(C)Cc1cc2n(n1)CCCN(Cc1cccc(OC(F)(F)F)c1)C2.